The molecule has 0 radical (unpaired) electrons. The van der Waals surface area contributed by atoms with Crippen LogP contribution in [0.2, 0.25) is 0 Å². The van der Waals surface area contributed by atoms with Gasteiger partial charge in [-0.05, 0) is 77.4 Å². The Kier molecular flexibility index (Phi) is 9.89. The molecule has 1 amide bonds. The molecule has 41 heavy (non-hydrogen) atoms. The molecular formula is C35H35BrN2O3. The molecule has 1 aliphatic carbocycles. The van der Waals surface area contributed by atoms with Crippen LogP contribution in [0.4, 0.5) is 0 Å². The highest BCUT2D eigenvalue weighted by Gasteiger charge is 2.16. The molecule has 5 nitrogen and oxygen atoms in total. The quantitative estimate of drug-likeness (QED) is 0.165. The molecule has 6 rings (SSSR count). The number of nitrogens with one attached hydrogen (secondary N) is 2. The number of carbonyl (C=O) groups is 1. The second-order valence-corrected chi connectivity index (χ2v) is 11.3. The van der Waals surface area contributed by atoms with Crippen molar-refractivity contribution in [3.05, 3.63) is 136 Å². The molecule has 0 unspecified atom stereocenters. The van der Waals surface area contributed by atoms with E-state index < -0.39 is 0 Å². The minimum absolute atomic E-state index is 0.0723. The lowest BCUT2D eigenvalue weighted by molar-refractivity contribution is 0.0946. The third-order valence-electron chi connectivity index (χ3n) is 7.46. The number of carbonyl (C=O) groups excluding carboxylic acids is 1. The maximum atomic E-state index is 12.1. The zero-order valence-electron chi connectivity index (χ0n) is 23.0. The van der Waals surface area contributed by atoms with E-state index in [-0.39, 0.29) is 12.5 Å². The van der Waals surface area contributed by atoms with Crippen LogP contribution in [-0.4, -0.2) is 16.0 Å². The van der Waals surface area contributed by atoms with Crippen molar-refractivity contribution in [2.45, 2.75) is 51.4 Å². The number of rotatable bonds is 8. The molecule has 1 fully saturated rings. The first-order valence-electron chi connectivity index (χ1n) is 14.1. The van der Waals surface area contributed by atoms with Crippen LogP contribution < -0.4 is 10.1 Å². The fraction of sp³-hybridized carbons (Fsp3) is 0.229. The van der Waals surface area contributed by atoms with Gasteiger partial charge in [-0.15, -0.1) is 0 Å². The number of para-hydroxylation sites is 1. The molecule has 1 aliphatic rings. The number of amides is 1. The lowest BCUT2D eigenvalue weighted by Gasteiger charge is -2.11. The predicted molar refractivity (Wildman–Crippen MR) is 168 cm³/mol. The van der Waals surface area contributed by atoms with Crippen LogP contribution in [0, 0.1) is 0 Å². The number of aromatic nitrogens is 1. The lowest BCUT2D eigenvalue weighted by atomic mass is 9.97. The van der Waals surface area contributed by atoms with Gasteiger partial charge in [0.1, 0.15) is 18.1 Å². The molecule has 6 heteroatoms. The Hall–Kier alpha value is -3.87. The van der Waals surface area contributed by atoms with Gasteiger partial charge in [-0.1, -0.05) is 95.5 Å². The molecule has 0 bridgehead atoms. The number of halogens is 1. The zero-order chi connectivity index (χ0) is 28.4. The van der Waals surface area contributed by atoms with Crippen LogP contribution in [0.25, 0.3) is 10.9 Å². The molecule has 0 atom stereocenters. The summed E-state index contributed by atoms with van der Waals surface area (Å²) in [6.07, 6.45) is 5.43. The predicted octanol–water partition coefficient (Wildman–Crippen LogP) is 8.28. The highest BCUT2D eigenvalue weighted by Crippen LogP contribution is 2.34. The van der Waals surface area contributed by atoms with Crippen LogP contribution in [0.15, 0.2) is 108 Å². The van der Waals surface area contributed by atoms with Crippen LogP contribution >= 0.6 is 15.9 Å². The number of H-pyrrole nitrogens is 1. The van der Waals surface area contributed by atoms with Gasteiger partial charge in [0.15, 0.2) is 0 Å². The van der Waals surface area contributed by atoms with E-state index in [4.69, 9.17) is 9.84 Å². The Morgan fingerprint density at radius 3 is 2.20 bits per heavy atom. The van der Waals surface area contributed by atoms with Crippen molar-refractivity contribution in [2.24, 2.45) is 0 Å². The van der Waals surface area contributed by atoms with Gasteiger partial charge in [-0.25, -0.2) is 0 Å². The fourth-order valence-electron chi connectivity index (χ4n) is 5.08. The summed E-state index contributed by atoms with van der Waals surface area (Å²) in [7, 11) is 0. The van der Waals surface area contributed by atoms with E-state index in [1.54, 1.807) is 0 Å². The Labute approximate surface area is 249 Å². The lowest BCUT2D eigenvalue weighted by Crippen LogP contribution is -2.22. The number of benzene rings is 4. The standard InChI is InChI=1S/C19H22O2.C16H13BrN2O/c20-13-15-7-11-19(12-8-15)21-14-16-5-9-18(10-6-16)17-3-1-2-4-17;17-13-7-5-11(6-8-13)10-18-16(20)15-9-12-3-1-2-4-14(12)19-15/h5-12,17,20H,1-4,13-14H2;1-9,19H,10H2,(H,18,20). The number of hydrogen-bond donors (Lipinski definition) is 3. The van der Waals surface area contributed by atoms with Crippen molar-refractivity contribution >= 4 is 32.7 Å². The first-order chi connectivity index (χ1) is 20.1. The second kappa shape index (κ2) is 14.2. The zero-order valence-corrected chi connectivity index (χ0v) is 24.6. The molecule has 0 spiro atoms. The molecule has 210 valence electrons. The summed E-state index contributed by atoms with van der Waals surface area (Å²) < 4.78 is 6.81. The van der Waals surface area contributed by atoms with E-state index in [1.807, 2.05) is 78.9 Å². The van der Waals surface area contributed by atoms with Crippen molar-refractivity contribution in [3.8, 4) is 5.75 Å². The van der Waals surface area contributed by atoms with Gasteiger partial charge in [-0.2, -0.15) is 0 Å². The molecule has 0 saturated heterocycles. The average Bonchev–Trinajstić information content (AvgIpc) is 3.71. The SMILES string of the molecule is O=C(NCc1ccc(Br)cc1)c1cc2ccccc2[nH]1.OCc1ccc(OCc2ccc(C3CCCC3)cc2)cc1. The summed E-state index contributed by atoms with van der Waals surface area (Å²) in [4.78, 5) is 15.2. The summed E-state index contributed by atoms with van der Waals surface area (Å²) in [5, 5.41) is 13.0. The largest absolute Gasteiger partial charge is 0.489 e. The molecule has 3 N–H and O–H groups in total. The van der Waals surface area contributed by atoms with Crippen molar-refractivity contribution in [3.63, 3.8) is 0 Å². The number of ether oxygens (including phenoxy) is 1. The van der Waals surface area contributed by atoms with Gasteiger partial charge < -0.3 is 20.1 Å². The van der Waals surface area contributed by atoms with E-state index in [0.29, 0.717) is 18.8 Å². The van der Waals surface area contributed by atoms with E-state index in [9.17, 15) is 4.79 Å². The maximum absolute atomic E-state index is 12.1. The summed E-state index contributed by atoms with van der Waals surface area (Å²) in [5.41, 5.74) is 6.21. The first-order valence-corrected chi connectivity index (χ1v) is 14.9. The minimum atomic E-state index is -0.0934. The number of aliphatic hydroxyl groups is 1. The van der Waals surface area contributed by atoms with Gasteiger partial charge >= 0.3 is 0 Å². The number of aromatic amines is 1. The van der Waals surface area contributed by atoms with Crippen LogP contribution in [0.1, 0.15) is 64.3 Å². The molecule has 1 aromatic heterocycles. The minimum Gasteiger partial charge on any atom is -0.489 e. The van der Waals surface area contributed by atoms with Crippen LogP contribution in [0.5, 0.6) is 5.75 Å². The van der Waals surface area contributed by atoms with Crippen LogP contribution in [0.3, 0.4) is 0 Å². The second-order valence-electron chi connectivity index (χ2n) is 10.4. The first kappa shape index (κ1) is 28.7. The van der Waals surface area contributed by atoms with E-state index in [1.165, 1.54) is 36.8 Å². The Balaban J connectivity index is 0.000000165. The van der Waals surface area contributed by atoms with Gasteiger partial charge in [-0.3, -0.25) is 4.79 Å². The van der Waals surface area contributed by atoms with Crippen molar-refractivity contribution in [1.29, 1.82) is 0 Å². The van der Waals surface area contributed by atoms with E-state index >= 15 is 0 Å². The average molecular weight is 612 g/mol. The third kappa shape index (κ3) is 8.09. The third-order valence-corrected chi connectivity index (χ3v) is 7.99. The van der Waals surface area contributed by atoms with E-state index in [0.717, 1.165) is 38.2 Å². The molecule has 1 saturated carbocycles. The fourth-order valence-corrected chi connectivity index (χ4v) is 5.34. The summed E-state index contributed by atoms with van der Waals surface area (Å²) in [6.45, 7) is 1.17. The van der Waals surface area contributed by atoms with E-state index in [2.05, 4.69) is 50.5 Å². The Bertz CT molecular complexity index is 1500. The molecule has 5 aromatic rings. The molecule has 0 aliphatic heterocycles. The van der Waals surface area contributed by atoms with Crippen molar-refractivity contribution in [2.75, 3.05) is 0 Å². The highest BCUT2D eigenvalue weighted by molar-refractivity contribution is 9.10. The normalized spacial score (nSPS) is 13.0. The van der Waals surface area contributed by atoms with Crippen molar-refractivity contribution < 1.29 is 14.6 Å². The van der Waals surface area contributed by atoms with Gasteiger partial charge in [0.25, 0.3) is 5.91 Å². The highest BCUT2D eigenvalue weighted by atomic mass is 79.9. The van der Waals surface area contributed by atoms with Gasteiger partial charge in [0, 0.05) is 21.9 Å². The van der Waals surface area contributed by atoms with Crippen LogP contribution in [-0.2, 0) is 19.8 Å². The number of hydrogen-bond acceptors (Lipinski definition) is 3. The van der Waals surface area contributed by atoms with Gasteiger partial charge in [0.05, 0.1) is 6.61 Å². The molecule has 1 heterocycles. The summed E-state index contributed by atoms with van der Waals surface area (Å²) in [6, 6.07) is 34.0. The Morgan fingerprint density at radius 1 is 0.854 bits per heavy atom. The molecule has 4 aromatic carbocycles. The molecular weight excluding hydrogens is 576 g/mol. The topological polar surface area (TPSA) is 74.4 Å². The van der Waals surface area contributed by atoms with Gasteiger partial charge in [0.2, 0.25) is 0 Å². The summed E-state index contributed by atoms with van der Waals surface area (Å²) >= 11 is 3.39. The maximum Gasteiger partial charge on any atom is 0.267 e. The number of aliphatic hydroxyl groups excluding tert-OH is 1. The summed E-state index contributed by atoms with van der Waals surface area (Å²) in [5.74, 6) is 1.52. The number of fused-ring (bicyclic) bond motifs is 1. The Morgan fingerprint density at radius 2 is 1.51 bits per heavy atom. The van der Waals surface area contributed by atoms with Crippen molar-refractivity contribution in [1.82, 2.24) is 10.3 Å². The smallest absolute Gasteiger partial charge is 0.267 e. The monoisotopic (exact) mass is 610 g/mol.